The number of anilines is 1. The molecule has 3 aromatic heterocycles. The van der Waals surface area contributed by atoms with E-state index in [2.05, 4.69) is 10.4 Å². The number of benzene rings is 1. The number of thiophene rings is 1. The lowest BCUT2D eigenvalue weighted by molar-refractivity contribution is -0.120. The number of carbonyl (C=O) groups excluding carboxylic acids is 1. The minimum atomic E-state index is -3.75. The molecule has 1 atom stereocenters. The minimum absolute atomic E-state index is 0.248. The first-order valence-corrected chi connectivity index (χ1v) is 14.5. The van der Waals surface area contributed by atoms with Crippen LogP contribution in [0.3, 0.4) is 0 Å². The molecule has 0 aliphatic carbocycles. The number of ether oxygens (including phenoxy) is 1. The van der Waals surface area contributed by atoms with Crippen LogP contribution in [0.1, 0.15) is 31.9 Å². The SMILES string of the molecule is CCOc1cccc2sc(-n3nc(C)cc3NC(=O)C3CCCCN3S(=O)(=O)c3cccs3)nc12. The van der Waals surface area contributed by atoms with Crippen LogP contribution in [0.5, 0.6) is 5.75 Å². The number of carbonyl (C=O) groups is 1. The summed E-state index contributed by atoms with van der Waals surface area (Å²) in [6.07, 6.45) is 1.96. The fourth-order valence-electron chi connectivity index (χ4n) is 4.20. The van der Waals surface area contributed by atoms with Gasteiger partial charge in [0.25, 0.3) is 10.0 Å². The van der Waals surface area contributed by atoms with Crippen molar-refractivity contribution in [2.45, 2.75) is 43.4 Å². The van der Waals surface area contributed by atoms with E-state index in [1.807, 2.05) is 32.0 Å². The minimum Gasteiger partial charge on any atom is -0.492 e. The highest BCUT2D eigenvalue weighted by molar-refractivity contribution is 7.91. The molecule has 184 valence electrons. The molecule has 1 aliphatic rings. The van der Waals surface area contributed by atoms with Gasteiger partial charge >= 0.3 is 0 Å². The lowest BCUT2D eigenvalue weighted by atomic mass is 10.0. The van der Waals surface area contributed by atoms with Gasteiger partial charge in [0.2, 0.25) is 11.0 Å². The normalized spacial score (nSPS) is 17.0. The number of sulfonamides is 1. The molecular weight excluding hydrogens is 506 g/mol. The molecule has 0 spiro atoms. The van der Waals surface area contributed by atoms with E-state index in [1.165, 1.54) is 15.6 Å². The number of piperidine rings is 1. The second-order valence-electron chi connectivity index (χ2n) is 8.16. The monoisotopic (exact) mass is 531 g/mol. The van der Waals surface area contributed by atoms with Gasteiger partial charge in [-0.2, -0.15) is 14.1 Å². The Hall–Kier alpha value is -2.80. The number of amides is 1. The zero-order valence-corrected chi connectivity index (χ0v) is 21.8. The molecule has 0 radical (unpaired) electrons. The largest absolute Gasteiger partial charge is 0.492 e. The van der Waals surface area contributed by atoms with Crippen molar-refractivity contribution < 1.29 is 17.9 Å². The van der Waals surface area contributed by atoms with Crippen LogP contribution in [-0.4, -0.2) is 52.6 Å². The smallest absolute Gasteiger partial charge is 0.253 e. The summed E-state index contributed by atoms with van der Waals surface area (Å²) < 4.78 is 36.2. The van der Waals surface area contributed by atoms with Crippen LogP contribution in [-0.2, 0) is 14.8 Å². The summed E-state index contributed by atoms with van der Waals surface area (Å²) in [5.74, 6) is 0.768. The Balaban J connectivity index is 1.45. The topological polar surface area (TPSA) is 106 Å². The van der Waals surface area contributed by atoms with E-state index >= 15 is 0 Å². The molecule has 9 nitrogen and oxygen atoms in total. The van der Waals surface area contributed by atoms with E-state index < -0.39 is 16.1 Å². The third-order valence-corrected chi connectivity index (χ3v) is 10.0. The van der Waals surface area contributed by atoms with Gasteiger partial charge in [0.05, 0.1) is 17.0 Å². The van der Waals surface area contributed by atoms with Crippen LogP contribution in [0.4, 0.5) is 5.82 Å². The van der Waals surface area contributed by atoms with E-state index in [1.54, 1.807) is 28.3 Å². The van der Waals surface area contributed by atoms with Crippen molar-refractivity contribution in [2.75, 3.05) is 18.5 Å². The third-order valence-electron chi connectivity index (χ3n) is 5.75. The van der Waals surface area contributed by atoms with Crippen LogP contribution >= 0.6 is 22.7 Å². The van der Waals surface area contributed by atoms with Crippen molar-refractivity contribution in [1.29, 1.82) is 0 Å². The Kier molecular flexibility index (Phi) is 6.62. The molecule has 1 unspecified atom stereocenters. The van der Waals surface area contributed by atoms with Gasteiger partial charge in [-0.3, -0.25) is 4.79 Å². The van der Waals surface area contributed by atoms with E-state index in [9.17, 15) is 13.2 Å². The molecule has 4 aromatic rings. The fraction of sp³-hybridized carbons (Fsp3) is 0.348. The highest BCUT2D eigenvalue weighted by atomic mass is 32.2. The van der Waals surface area contributed by atoms with E-state index in [0.29, 0.717) is 42.0 Å². The van der Waals surface area contributed by atoms with Crippen molar-refractivity contribution in [3.05, 3.63) is 47.5 Å². The van der Waals surface area contributed by atoms with E-state index in [4.69, 9.17) is 9.72 Å². The number of aromatic nitrogens is 3. The van der Waals surface area contributed by atoms with Gasteiger partial charge in [-0.1, -0.05) is 29.9 Å². The first kappa shape index (κ1) is 23.9. The molecule has 1 aromatic carbocycles. The number of hydrogen-bond donors (Lipinski definition) is 1. The number of hydrogen-bond acceptors (Lipinski definition) is 8. The summed E-state index contributed by atoms with van der Waals surface area (Å²) in [5, 5.41) is 9.77. The van der Waals surface area contributed by atoms with Crippen LogP contribution in [0.25, 0.3) is 15.3 Å². The van der Waals surface area contributed by atoms with Gasteiger partial charge in [-0.05, 0) is 50.3 Å². The number of para-hydroxylation sites is 1. The van der Waals surface area contributed by atoms with Crippen molar-refractivity contribution in [3.63, 3.8) is 0 Å². The first-order valence-electron chi connectivity index (χ1n) is 11.3. The van der Waals surface area contributed by atoms with Crippen LogP contribution in [0, 0.1) is 6.92 Å². The molecule has 12 heteroatoms. The Morgan fingerprint density at radius 1 is 1.26 bits per heavy atom. The Labute approximate surface area is 211 Å². The first-order chi connectivity index (χ1) is 16.9. The highest BCUT2D eigenvalue weighted by Crippen LogP contribution is 2.33. The lowest BCUT2D eigenvalue weighted by Crippen LogP contribution is -2.49. The third kappa shape index (κ3) is 4.58. The van der Waals surface area contributed by atoms with Crippen LogP contribution in [0.2, 0.25) is 0 Å². The Morgan fingerprint density at radius 3 is 2.89 bits per heavy atom. The second kappa shape index (κ2) is 9.69. The van der Waals surface area contributed by atoms with E-state index in [-0.39, 0.29) is 10.1 Å². The van der Waals surface area contributed by atoms with Crippen LogP contribution < -0.4 is 10.1 Å². The van der Waals surface area contributed by atoms with Crippen molar-refractivity contribution in [2.24, 2.45) is 0 Å². The quantitative estimate of drug-likeness (QED) is 0.378. The summed E-state index contributed by atoms with van der Waals surface area (Å²) in [6, 6.07) is 9.99. The zero-order chi connectivity index (χ0) is 24.6. The molecule has 4 heterocycles. The number of nitrogens with zero attached hydrogens (tertiary/aromatic N) is 4. The predicted molar refractivity (Wildman–Crippen MR) is 137 cm³/mol. The van der Waals surface area contributed by atoms with Crippen molar-refractivity contribution >= 4 is 54.6 Å². The average Bonchev–Trinajstić information content (AvgIpc) is 3.59. The maximum atomic E-state index is 13.4. The Bertz CT molecular complexity index is 1460. The number of fused-ring (bicyclic) bond motifs is 1. The van der Waals surface area contributed by atoms with Gasteiger partial charge in [-0.15, -0.1) is 11.3 Å². The molecule has 1 saturated heterocycles. The maximum Gasteiger partial charge on any atom is 0.253 e. The molecule has 0 saturated carbocycles. The molecule has 1 amide bonds. The molecule has 0 bridgehead atoms. The number of aryl methyl sites for hydroxylation is 1. The van der Waals surface area contributed by atoms with Crippen molar-refractivity contribution in [1.82, 2.24) is 19.1 Å². The lowest BCUT2D eigenvalue weighted by Gasteiger charge is -2.33. The number of nitrogens with one attached hydrogen (secondary N) is 1. The zero-order valence-electron chi connectivity index (χ0n) is 19.3. The van der Waals surface area contributed by atoms with Gasteiger partial charge in [0, 0.05) is 12.6 Å². The second-order valence-corrected chi connectivity index (χ2v) is 12.2. The van der Waals surface area contributed by atoms with Crippen LogP contribution in [0.15, 0.2) is 46.0 Å². The molecule has 1 aliphatic heterocycles. The molecule has 5 rings (SSSR count). The summed E-state index contributed by atoms with van der Waals surface area (Å²) in [7, 11) is -3.75. The highest BCUT2D eigenvalue weighted by Gasteiger charge is 2.38. The van der Waals surface area contributed by atoms with Gasteiger partial charge in [-0.25, -0.2) is 13.4 Å². The summed E-state index contributed by atoms with van der Waals surface area (Å²) in [6.45, 7) is 4.60. The van der Waals surface area contributed by atoms with Gasteiger partial charge in [0.1, 0.15) is 27.3 Å². The fourth-order valence-corrected chi connectivity index (χ4v) is 7.92. The molecule has 1 fully saturated rings. The standard InChI is InChI=1S/C23H25N5O4S3/c1-3-32-17-9-6-10-18-21(17)25-23(34-18)28-19(14-15(2)26-28)24-22(29)16-8-4-5-12-27(16)35(30,31)20-11-7-13-33-20/h6-7,9-11,13-14,16H,3-5,8,12H2,1-2H3,(H,24,29). The Morgan fingerprint density at radius 2 is 2.11 bits per heavy atom. The van der Waals surface area contributed by atoms with Gasteiger partial charge in [0.15, 0.2) is 0 Å². The maximum absolute atomic E-state index is 13.4. The summed E-state index contributed by atoms with van der Waals surface area (Å²) in [4.78, 5) is 18.1. The molecular formula is C23H25N5O4S3. The molecule has 35 heavy (non-hydrogen) atoms. The number of rotatable bonds is 7. The molecule has 1 N–H and O–H groups in total. The summed E-state index contributed by atoms with van der Waals surface area (Å²) >= 11 is 2.59. The van der Waals surface area contributed by atoms with E-state index in [0.717, 1.165) is 34.4 Å². The number of thiazole rings is 1. The van der Waals surface area contributed by atoms with Gasteiger partial charge < -0.3 is 10.1 Å². The predicted octanol–water partition coefficient (Wildman–Crippen LogP) is 4.43. The average molecular weight is 532 g/mol. The summed E-state index contributed by atoms with van der Waals surface area (Å²) in [5.41, 5.74) is 1.44. The van der Waals surface area contributed by atoms with Crippen molar-refractivity contribution in [3.8, 4) is 10.9 Å².